The van der Waals surface area contributed by atoms with Crippen molar-refractivity contribution in [1.29, 1.82) is 0 Å². The number of hydrogen-bond acceptors (Lipinski definition) is 3. The fourth-order valence-corrected chi connectivity index (χ4v) is 7.76. The SMILES string of the molecule is C=C(C)C(=O)OCCO[Si](c1ccccc1)(c1ccccc1)C(C)(C)C. The van der Waals surface area contributed by atoms with E-state index in [-0.39, 0.29) is 17.6 Å². The van der Waals surface area contributed by atoms with Gasteiger partial charge >= 0.3 is 5.97 Å². The summed E-state index contributed by atoms with van der Waals surface area (Å²) in [5, 5.41) is 2.34. The van der Waals surface area contributed by atoms with Crippen LogP contribution in [-0.2, 0) is 14.0 Å². The van der Waals surface area contributed by atoms with Crippen LogP contribution in [0.3, 0.4) is 0 Å². The second-order valence-electron chi connectivity index (χ2n) is 7.43. The molecule has 0 saturated carbocycles. The minimum Gasteiger partial charge on any atom is -0.460 e. The van der Waals surface area contributed by atoms with Crippen molar-refractivity contribution in [2.24, 2.45) is 0 Å². The molecule has 4 heteroatoms. The molecule has 0 unspecified atom stereocenters. The molecular weight excluding hydrogens is 340 g/mol. The standard InChI is InChI=1S/C22H28O3Si/c1-18(2)21(23)24-16-17-25-26(22(3,4)5,19-12-8-6-9-13-19)20-14-10-7-11-15-20/h6-15H,1,16-17H2,2-5H3. The summed E-state index contributed by atoms with van der Waals surface area (Å²) in [6.07, 6.45) is 0. The third-order valence-corrected chi connectivity index (χ3v) is 9.44. The molecule has 0 bridgehead atoms. The Morgan fingerprint density at radius 2 is 1.38 bits per heavy atom. The molecule has 0 aromatic heterocycles. The van der Waals surface area contributed by atoms with Crippen LogP contribution in [0.1, 0.15) is 27.7 Å². The van der Waals surface area contributed by atoms with Gasteiger partial charge in [-0.3, -0.25) is 0 Å². The fraction of sp³-hybridized carbons (Fsp3) is 0.318. The van der Waals surface area contributed by atoms with Gasteiger partial charge in [0.1, 0.15) is 6.61 Å². The molecule has 0 aliphatic heterocycles. The van der Waals surface area contributed by atoms with Crippen molar-refractivity contribution in [1.82, 2.24) is 0 Å². The summed E-state index contributed by atoms with van der Waals surface area (Å²) < 4.78 is 11.9. The highest BCUT2D eigenvalue weighted by atomic mass is 28.4. The molecule has 0 saturated heterocycles. The highest BCUT2D eigenvalue weighted by Crippen LogP contribution is 2.36. The lowest BCUT2D eigenvalue weighted by atomic mass is 10.2. The molecule has 0 fully saturated rings. The largest absolute Gasteiger partial charge is 0.460 e. The van der Waals surface area contributed by atoms with Gasteiger partial charge in [0, 0.05) is 5.57 Å². The average molecular weight is 369 g/mol. The van der Waals surface area contributed by atoms with E-state index in [9.17, 15) is 4.79 Å². The third-order valence-electron chi connectivity index (χ3n) is 4.40. The molecule has 0 spiro atoms. The third kappa shape index (κ3) is 4.32. The van der Waals surface area contributed by atoms with Crippen LogP contribution in [0, 0.1) is 0 Å². The Morgan fingerprint density at radius 3 is 1.77 bits per heavy atom. The van der Waals surface area contributed by atoms with Crippen LogP contribution in [0.4, 0.5) is 0 Å². The zero-order valence-electron chi connectivity index (χ0n) is 16.1. The highest BCUT2D eigenvalue weighted by Gasteiger charge is 2.50. The van der Waals surface area contributed by atoms with E-state index >= 15 is 0 Å². The van der Waals surface area contributed by atoms with Crippen LogP contribution in [0.5, 0.6) is 0 Å². The van der Waals surface area contributed by atoms with Crippen molar-refractivity contribution in [3.05, 3.63) is 72.8 Å². The quantitative estimate of drug-likeness (QED) is 0.324. The maximum atomic E-state index is 11.6. The first-order valence-corrected chi connectivity index (χ1v) is 10.8. The molecule has 0 heterocycles. The summed E-state index contributed by atoms with van der Waals surface area (Å²) in [4.78, 5) is 11.6. The van der Waals surface area contributed by atoms with Crippen LogP contribution in [0.15, 0.2) is 72.8 Å². The Balaban J connectivity index is 2.38. The van der Waals surface area contributed by atoms with E-state index in [0.717, 1.165) is 0 Å². The predicted molar refractivity (Wildman–Crippen MR) is 109 cm³/mol. The minimum absolute atomic E-state index is 0.0892. The van der Waals surface area contributed by atoms with Gasteiger partial charge in [0.05, 0.1) is 6.61 Å². The van der Waals surface area contributed by atoms with Crippen LogP contribution >= 0.6 is 0 Å². The van der Waals surface area contributed by atoms with Gasteiger partial charge < -0.3 is 9.16 Å². The summed E-state index contributed by atoms with van der Waals surface area (Å²) in [6, 6.07) is 20.8. The van der Waals surface area contributed by atoms with Gasteiger partial charge in [0.25, 0.3) is 8.32 Å². The topological polar surface area (TPSA) is 35.5 Å². The number of carbonyl (C=O) groups is 1. The van der Waals surface area contributed by atoms with Crippen LogP contribution in [0.2, 0.25) is 5.04 Å². The number of esters is 1. The van der Waals surface area contributed by atoms with E-state index in [2.05, 4.69) is 75.9 Å². The lowest BCUT2D eigenvalue weighted by Gasteiger charge is -2.43. The summed E-state index contributed by atoms with van der Waals surface area (Å²) in [6.45, 7) is 12.5. The number of hydrogen-bond donors (Lipinski definition) is 0. The molecule has 0 atom stereocenters. The Morgan fingerprint density at radius 1 is 0.923 bits per heavy atom. The van der Waals surface area contributed by atoms with E-state index in [0.29, 0.717) is 12.2 Å². The van der Waals surface area contributed by atoms with E-state index < -0.39 is 8.32 Å². The molecular formula is C22H28O3Si. The summed E-state index contributed by atoms with van der Waals surface area (Å²) in [7, 11) is -2.56. The Labute approximate surface area is 157 Å². The molecule has 0 aliphatic rings. The fourth-order valence-electron chi connectivity index (χ4n) is 3.21. The minimum atomic E-state index is -2.56. The van der Waals surface area contributed by atoms with Gasteiger partial charge in [-0.05, 0) is 22.3 Å². The first kappa shape index (κ1) is 20.1. The zero-order valence-corrected chi connectivity index (χ0v) is 17.1. The van der Waals surface area contributed by atoms with Crippen LogP contribution < -0.4 is 10.4 Å². The molecule has 0 radical (unpaired) electrons. The lowest BCUT2D eigenvalue weighted by Crippen LogP contribution is -2.66. The molecule has 0 amide bonds. The normalized spacial score (nSPS) is 11.8. The number of rotatable bonds is 7. The van der Waals surface area contributed by atoms with E-state index in [4.69, 9.17) is 9.16 Å². The molecule has 2 rings (SSSR count). The maximum Gasteiger partial charge on any atom is 0.333 e. The Bertz CT molecular complexity index is 693. The number of benzene rings is 2. The second kappa shape index (κ2) is 8.47. The first-order valence-electron chi connectivity index (χ1n) is 8.86. The van der Waals surface area contributed by atoms with Crippen LogP contribution in [0.25, 0.3) is 0 Å². The average Bonchev–Trinajstić information content (AvgIpc) is 2.62. The predicted octanol–water partition coefficient (Wildman–Crippen LogP) is 3.68. The summed E-state index contributed by atoms with van der Waals surface area (Å²) >= 11 is 0. The van der Waals surface area contributed by atoms with Crippen molar-refractivity contribution >= 4 is 24.7 Å². The first-order chi connectivity index (χ1) is 12.3. The van der Waals surface area contributed by atoms with Gasteiger partial charge in [-0.15, -0.1) is 0 Å². The van der Waals surface area contributed by atoms with Crippen molar-refractivity contribution in [3.8, 4) is 0 Å². The van der Waals surface area contributed by atoms with Gasteiger partial charge in [0.15, 0.2) is 0 Å². The number of ether oxygens (including phenoxy) is 1. The molecule has 0 aliphatic carbocycles. The molecule has 2 aromatic rings. The summed E-state index contributed by atoms with van der Waals surface area (Å²) in [5.41, 5.74) is 0.399. The molecule has 3 nitrogen and oxygen atoms in total. The van der Waals surface area contributed by atoms with Crippen molar-refractivity contribution < 1.29 is 14.0 Å². The smallest absolute Gasteiger partial charge is 0.333 e. The van der Waals surface area contributed by atoms with Crippen LogP contribution in [-0.4, -0.2) is 27.5 Å². The van der Waals surface area contributed by atoms with Gasteiger partial charge in [-0.2, -0.15) is 0 Å². The van der Waals surface area contributed by atoms with Gasteiger partial charge in [-0.1, -0.05) is 88.0 Å². The monoisotopic (exact) mass is 368 g/mol. The van der Waals surface area contributed by atoms with Crippen molar-refractivity contribution in [2.45, 2.75) is 32.7 Å². The summed E-state index contributed by atoms with van der Waals surface area (Å²) in [5.74, 6) is -0.379. The van der Waals surface area contributed by atoms with E-state index in [1.54, 1.807) is 6.92 Å². The second-order valence-corrected chi connectivity index (χ2v) is 11.7. The molecule has 2 aromatic carbocycles. The Kier molecular flexibility index (Phi) is 6.56. The molecule has 26 heavy (non-hydrogen) atoms. The maximum absolute atomic E-state index is 11.6. The lowest BCUT2D eigenvalue weighted by molar-refractivity contribution is -0.139. The van der Waals surface area contributed by atoms with Gasteiger partial charge in [-0.25, -0.2) is 4.79 Å². The van der Waals surface area contributed by atoms with E-state index in [1.165, 1.54) is 10.4 Å². The Hall–Kier alpha value is -2.17. The molecule has 0 N–H and O–H groups in total. The van der Waals surface area contributed by atoms with Crippen molar-refractivity contribution in [2.75, 3.05) is 13.2 Å². The number of carbonyl (C=O) groups excluding carboxylic acids is 1. The van der Waals surface area contributed by atoms with Gasteiger partial charge in [0.2, 0.25) is 0 Å². The highest BCUT2D eigenvalue weighted by molar-refractivity contribution is 6.99. The zero-order chi connectivity index (χ0) is 19.2. The molecule has 138 valence electrons. The van der Waals surface area contributed by atoms with E-state index in [1.807, 2.05) is 12.1 Å². The van der Waals surface area contributed by atoms with Crippen molar-refractivity contribution in [3.63, 3.8) is 0 Å².